The molecule has 0 aromatic heterocycles. The molecule has 2 aromatic carbocycles. The smallest absolute Gasteiger partial charge is 0.416 e. The van der Waals surface area contributed by atoms with Crippen LogP contribution in [0.1, 0.15) is 21.5 Å². The molecular formula is C16H10ClF3O4. The number of hydrogen-bond acceptors (Lipinski definition) is 3. The van der Waals surface area contributed by atoms with Gasteiger partial charge in [0.1, 0.15) is 5.75 Å². The number of carboxylic acids is 1. The normalized spacial score (nSPS) is 11.2. The molecule has 0 saturated carbocycles. The first-order valence-electron chi connectivity index (χ1n) is 6.54. The molecule has 0 fully saturated rings. The minimum atomic E-state index is -4.59. The zero-order chi connectivity index (χ0) is 17.9. The van der Waals surface area contributed by atoms with E-state index in [1.165, 1.54) is 24.3 Å². The molecule has 8 heteroatoms. The van der Waals surface area contributed by atoms with E-state index < -0.39 is 30.1 Å². The molecule has 0 aliphatic rings. The average molecular weight is 359 g/mol. The standard InChI is InChI=1S/C16H10ClF3O4/c17-11-4-5-13(24-8-14(21)22)12(7-11)15(23)9-2-1-3-10(6-9)16(18,19)20/h1-7H,8H2,(H,21,22). The maximum absolute atomic E-state index is 12.8. The zero-order valence-corrected chi connectivity index (χ0v) is 12.7. The van der Waals surface area contributed by atoms with Gasteiger partial charge in [0.25, 0.3) is 0 Å². The fourth-order valence-electron chi connectivity index (χ4n) is 1.94. The number of alkyl halides is 3. The van der Waals surface area contributed by atoms with Crippen molar-refractivity contribution < 1.29 is 32.6 Å². The van der Waals surface area contributed by atoms with E-state index in [0.29, 0.717) is 6.07 Å². The number of ether oxygens (including phenoxy) is 1. The number of halogens is 4. The van der Waals surface area contributed by atoms with E-state index >= 15 is 0 Å². The van der Waals surface area contributed by atoms with Crippen LogP contribution in [-0.2, 0) is 11.0 Å². The van der Waals surface area contributed by atoms with Crippen LogP contribution in [0.3, 0.4) is 0 Å². The molecule has 0 saturated heterocycles. The Bertz CT molecular complexity index is 787. The van der Waals surface area contributed by atoms with Gasteiger partial charge in [0.2, 0.25) is 0 Å². The quantitative estimate of drug-likeness (QED) is 0.819. The van der Waals surface area contributed by atoms with Crippen molar-refractivity contribution in [2.75, 3.05) is 6.61 Å². The molecular weight excluding hydrogens is 349 g/mol. The number of aliphatic carboxylic acids is 1. The summed E-state index contributed by atoms with van der Waals surface area (Å²) in [6.07, 6.45) is -4.59. The summed E-state index contributed by atoms with van der Waals surface area (Å²) in [5, 5.41) is 8.80. The number of rotatable bonds is 5. The third kappa shape index (κ3) is 4.26. The van der Waals surface area contributed by atoms with Crippen LogP contribution < -0.4 is 4.74 Å². The largest absolute Gasteiger partial charge is 0.481 e. The van der Waals surface area contributed by atoms with Crippen molar-refractivity contribution in [3.8, 4) is 5.75 Å². The van der Waals surface area contributed by atoms with Crippen LogP contribution in [0.15, 0.2) is 42.5 Å². The number of carbonyl (C=O) groups is 2. The van der Waals surface area contributed by atoms with E-state index in [1.54, 1.807) is 0 Å². The second kappa shape index (κ2) is 6.92. The lowest BCUT2D eigenvalue weighted by Gasteiger charge is -2.11. The summed E-state index contributed by atoms with van der Waals surface area (Å²) in [6.45, 7) is -0.704. The lowest BCUT2D eigenvalue weighted by molar-refractivity contribution is -0.139. The third-order valence-corrected chi connectivity index (χ3v) is 3.22. The van der Waals surface area contributed by atoms with Gasteiger partial charge in [-0.15, -0.1) is 0 Å². The van der Waals surface area contributed by atoms with Crippen LogP contribution in [0.25, 0.3) is 0 Å². The van der Waals surface area contributed by atoms with Gasteiger partial charge in [-0.1, -0.05) is 23.7 Å². The fraction of sp³-hybridized carbons (Fsp3) is 0.125. The summed E-state index contributed by atoms with van der Waals surface area (Å²) >= 11 is 5.81. The highest BCUT2D eigenvalue weighted by atomic mass is 35.5. The third-order valence-electron chi connectivity index (χ3n) is 2.99. The molecule has 24 heavy (non-hydrogen) atoms. The second-order valence-electron chi connectivity index (χ2n) is 4.73. The second-order valence-corrected chi connectivity index (χ2v) is 5.17. The van der Waals surface area contributed by atoms with E-state index in [2.05, 4.69) is 0 Å². The van der Waals surface area contributed by atoms with Crippen LogP contribution in [0.2, 0.25) is 5.02 Å². The van der Waals surface area contributed by atoms with Crippen molar-refractivity contribution in [1.82, 2.24) is 0 Å². The van der Waals surface area contributed by atoms with Crippen molar-refractivity contribution in [2.45, 2.75) is 6.18 Å². The Morgan fingerprint density at radius 3 is 2.46 bits per heavy atom. The lowest BCUT2D eigenvalue weighted by atomic mass is 10.0. The maximum Gasteiger partial charge on any atom is 0.416 e. The molecule has 2 rings (SSSR count). The van der Waals surface area contributed by atoms with Crippen molar-refractivity contribution in [2.24, 2.45) is 0 Å². The van der Waals surface area contributed by atoms with E-state index in [-0.39, 0.29) is 21.9 Å². The molecule has 0 atom stereocenters. The molecule has 0 aliphatic heterocycles. The number of benzene rings is 2. The predicted octanol–water partition coefficient (Wildman–Crippen LogP) is 4.05. The van der Waals surface area contributed by atoms with Gasteiger partial charge in [-0.2, -0.15) is 13.2 Å². The van der Waals surface area contributed by atoms with Crippen molar-refractivity contribution in [3.05, 3.63) is 64.2 Å². The van der Waals surface area contributed by atoms with Gasteiger partial charge >= 0.3 is 12.1 Å². The molecule has 0 aliphatic carbocycles. The topological polar surface area (TPSA) is 63.6 Å². The minimum Gasteiger partial charge on any atom is -0.481 e. The molecule has 1 N–H and O–H groups in total. The number of hydrogen-bond donors (Lipinski definition) is 1. The van der Waals surface area contributed by atoms with Gasteiger partial charge < -0.3 is 9.84 Å². The summed E-state index contributed by atoms with van der Waals surface area (Å²) in [4.78, 5) is 23.1. The van der Waals surface area contributed by atoms with Crippen LogP contribution >= 0.6 is 11.6 Å². The number of carboxylic acid groups (broad SMARTS) is 1. The first-order valence-corrected chi connectivity index (χ1v) is 6.92. The van der Waals surface area contributed by atoms with Crippen molar-refractivity contribution in [1.29, 1.82) is 0 Å². The Morgan fingerprint density at radius 2 is 1.83 bits per heavy atom. The van der Waals surface area contributed by atoms with Gasteiger partial charge in [0.05, 0.1) is 11.1 Å². The van der Waals surface area contributed by atoms with Gasteiger partial charge in [0, 0.05) is 10.6 Å². The van der Waals surface area contributed by atoms with Crippen LogP contribution in [0.4, 0.5) is 13.2 Å². The summed E-state index contributed by atoms with van der Waals surface area (Å²) in [6, 6.07) is 7.76. The Morgan fingerprint density at radius 1 is 1.12 bits per heavy atom. The Balaban J connectivity index is 2.42. The van der Waals surface area contributed by atoms with E-state index in [4.69, 9.17) is 21.4 Å². The van der Waals surface area contributed by atoms with E-state index in [0.717, 1.165) is 12.1 Å². The molecule has 126 valence electrons. The van der Waals surface area contributed by atoms with E-state index in [9.17, 15) is 22.8 Å². The zero-order valence-electron chi connectivity index (χ0n) is 11.9. The SMILES string of the molecule is O=C(O)COc1ccc(Cl)cc1C(=O)c1cccc(C(F)(F)F)c1. The van der Waals surface area contributed by atoms with Crippen LogP contribution in [0.5, 0.6) is 5.75 Å². The van der Waals surface area contributed by atoms with Gasteiger partial charge in [0.15, 0.2) is 12.4 Å². The highest BCUT2D eigenvalue weighted by Crippen LogP contribution is 2.31. The fourth-order valence-corrected chi connectivity index (χ4v) is 2.11. The molecule has 0 spiro atoms. The van der Waals surface area contributed by atoms with Gasteiger partial charge in [-0.25, -0.2) is 4.79 Å². The summed E-state index contributed by atoms with van der Waals surface area (Å²) in [5.74, 6) is -2.10. The molecule has 0 heterocycles. The average Bonchev–Trinajstić information content (AvgIpc) is 2.52. The predicted molar refractivity (Wildman–Crippen MR) is 79.5 cm³/mol. The summed E-state index contributed by atoms with van der Waals surface area (Å²) in [5.41, 5.74) is -1.31. The first kappa shape index (κ1) is 17.8. The molecule has 0 radical (unpaired) electrons. The molecule has 0 amide bonds. The van der Waals surface area contributed by atoms with Gasteiger partial charge in [-0.3, -0.25) is 4.79 Å². The Kier molecular flexibility index (Phi) is 5.14. The van der Waals surface area contributed by atoms with Crippen LogP contribution in [0, 0.1) is 0 Å². The molecule has 4 nitrogen and oxygen atoms in total. The first-order chi connectivity index (χ1) is 11.2. The molecule has 2 aromatic rings. The highest BCUT2D eigenvalue weighted by molar-refractivity contribution is 6.31. The lowest BCUT2D eigenvalue weighted by Crippen LogP contribution is -2.13. The summed E-state index contributed by atoms with van der Waals surface area (Å²) in [7, 11) is 0. The Hall–Kier alpha value is -2.54. The van der Waals surface area contributed by atoms with Crippen molar-refractivity contribution >= 4 is 23.4 Å². The summed E-state index contributed by atoms with van der Waals surface area (Å²) < 4.78 is 43.3. The monoisotopic (exact) mass is 358 g/mol. The maximum atomic E-state index is 12.8. The molecule has 0 unspecified atom stereocenters. The minimum absolute atomic E-state index is 0.0794. The molecule has 0 bridgehead atoms. The number of ketones is 1. The van der Waals surface area contributed by atoms with Crippen LogP contribution in [-0.4, -0.2) is 23.5 Å². The van der Waals surface area contributed by atoms with Gasteiger partial charge in [-0.05, 0) is 30.3 Å². The number of carbonyl (C=O) groups excluding carboxylic acids is 1. The van der Waals surface area contributed by atoms with Crippen molar-refractivity contribution in [3.63, 3.8) is 0 Å². The van der Waals surface area contributed by atoms with E-state index in [1.807, 2.05) is 0 Å². The highest BCUT2D eigenvalue weighted by Gasteiger charge is 2.31. The Labute approximate surface area is 139 Å².